The van der Waals surface area contributed by atoms with Crippen LogP contribution in [0.2, 0.25) is 0 Å². The highest BCUT2D eigenvalue weighted by Gasteiger charge is 2.35. The van der Waals surface area contributed by atoms with E-state index in [0.717, 1.165) is 0 Å². The van der Waals surface area contributed by atoms with Gasteiger partial charge in [-0.1, -0.05) is 0 Å². The van der Waals surface area contributed by atoms with Crippen molar-refractivity contribution in [1.82, 2.24) is 9.13 Å². The molecular formula is C13H8F6N2O4. The van der Waals surface area contributed by atoms with Crippen LogP contribution >= 0.6 is 0 Å². The maximum absolute atomic E-state index is 14.0. The van der Waals surface area contributed by atoms with E-state index in [1.165, 1.54) is 0 Å². The number of hydrogen-bond donors (Lipinski definition) is 1. The molecule has 25 heavy (non-hydrogen) atoms. The van der Waals surface area contributed by atoms with E-state index in [9.17, 15) is 41.0 Å². The van der Waals surface area contributed by atoms with E-state index in [0.29, 0.717) is 13.1 Å². The van der Waals surface area contributed by atoms with Crippen molar-refractivity contribution in [2.45, 2.75) is 12.8 Å². The van der Waals surface area contributed by atoms with E-state index < -0.39 is 52.7 Å². The van der Waals surface area contributed by atoms with Crippen LogP contribution in [0.5, 0.6) is 11.5 Å². The molecule has 0 atom stereocenters. The number of phenols is 1. The largest absolute Gasteiger partial charge is 0.504 e. The first-order valence-corrected chi connectivity index (χ1v) is 6.31. The van der Waals surface area contributed by atoms with Gasteiger partial charge >= 0.3 is 18.5 Å². The summed E-state index contributed by atoms with van der Waals surface area (Å²) in [5.41, 5.74) is -5.59. The third kappa shape index (κ3) is 3.46. The summed E-state index contributed by atoms with van der Waals surface area (Å²) in [5, 5.41) is 9.53. The zero-order valence-electron chi connectivity index (χ0n) is 12.1. The van der Waals surface area contributed by atoms with Crippen LogP contribution in [0.1, 0.15) is 5.69 Å². The number of ether oxygens (including phenoxy) is 1. The molecule has 0 spiro atoms. The lowest BCUT2D eigenvalue weighted by Crippen LogP contribution is -2.41. The minimum Gasteiger partial charge on any atom is -0.504 e. The number of phenolic OH excluding ortho intramolecular Hbond substituents is 1. The van der Waals surface area contributed by atoms with Crippen LogP contribution in [0.15, 0.2) is 27.8 Å². The molecule has 6 nitrogen and oxygen atoms in total. The van der Waals surface area contributed by atoms with Gasteiger partial charge in [-0.25, -0.2) is 13.8 Å². The van der Waals surface area contributed by atoms with Crippen LogP contribution in [0.3, 0.4) is 0 Å². The minimum atomic E-state index is -5.01. The maximum atomic E-state index is 14.0. The van der Waals surface area contributed by atoms with Gasteiger partial charge in [0.15, 0.2) is 17.3 Å². The number of halogens is 6. The number of alkyl halides is 5. The van der Waals surface area contributed by atoms with E-state index in [-0.39, 0.29) is 21.3 Å². The Morgan fingerprint density at radius 2 is 1.76 bits per heavy atom. The molecule has 0 unspecified atom stereocenters. The lowest BCUT2D eigenvalue weighted by molar-refractivity contribution is -0.144. The predicted octanol–water partition coefficient (Wildman–Crippen LogP) is 2.00. The topological polar surface area (TPSA) is 73.5 Å². The lowest BCUT2D eigenvalue weighted by Gasteiger charge is -2.15. The molecule has 1 aromatic heterocycles. The summed E-state index contributed by atoms with van der Waals surface area (Å²) < 4.78 is 80.4. The van der Waals surface area contributed by atoms with Crippen molar-refractivity contribution in [3.63, 3.8) is 0 Å². The van der Waals surface area contributed by atoms with E-state index in [1.807, 2.05) is 0 Å². The van der Waals surface area contributed by atoms with Crippen LogP contribution in [-0.2, 0) is 13.2 Å². The van der Waals surface area contributed by atoms with E-state index in [2.05, 4.69) is 4.74 Å². The molecule has 0 amide bonds. The average Bonchev–Trinajstić information content (AvgIpc) is 2.46. The summed E-state index contributed by atoms with van der Waals surface area (Å²) in [6, 6.07) is 0.727. The Bertz CT molecular complexity index is 932. The van der Waals surface area contributed by atoms with Crippen molar-refractivity contribution >= 4 is 0 Å². The van der Waals surface area contributed by atoms with Gasteiger partial charge in [-0.05, 0) is 0 Å². The van der Waals surface area contributed by atoms with Gasteiger partial charge in [0.1, 0.15) is 5.69 Å². The molecule has 2 aromatic rings. The number of aromatic hydroxyl groups is 1. The fourth-order valence-corrected chi connectivity index (χ4v) is 2.01. The Kier molecular flexibility index (Phi) is 4.55. The van der Waals surface area contributed by atoms with Crippen molar-refractivity contribution in [1.29, 1.82) is 0 Å². The highest BCUT2D eigenvalue weighted by molar-refractivity contribution is 5.49. The molecule has 0 bridgehead atoms. The molecule has 0 fully saturated rings. The normalized spacial score (nSPS) is 11.8. The molecule has 0 aliphatic heterocycles. The van der Waals surface area contributed by atoms with E-state index >= 15 is 0 Å². The predicted molar refractivity (Wildman–Crippen MR) is 70.5 cm³/mol. The van der Waals surface area contributed by atoms with Crippen molar-refractivity contribution in [3.8, 4) is 17.2 Å². The highest BCUT2D eigenvalue weighted by atomic mass is 19.4. The zero-order chi connectivity index (χ0) is 19.1. The smallest absolute Gasteiger partial charge is 0.431 e. The standard InChI is InChI=1S/C13H8F6N2O4/c1-20-9(13(17,18)19)4-10(23)21(12(20)24)6-3-7(22)8(2-5(6)14)25-11(15)16/h2-4,11,22H,1H3. The number of aromatic nitrogens is 2. The first kappa shape index (κ1) is 18.4. The number of nitrogens with zero attached hydrogens (tertiary/aromatic N) is 2. The summed E-state index contributed by atoms with van der Waals surface area (Å²) in [6.45, 7) is -3.39. The van der Waals surface area contributed by atoms with Gasteiger partial charge in [0.05, 0.1) is 5.69 Å². The Hall–Kier alpha value is -2.92. The first-order chi connectivity index (χ1) is 11.4. The molecule has 0 aliphatic rings. The fourth-order valence-electron chi connectivity index (χ4n) is 2.01. The quantitative estimate of drug-likeness (QED) is 0.839. The average molecular weight is 370 g/mol. The SMILES string of the molecule is Cn1c(C(F)(F)F)cc(=O)n(-c2cc(O)c(OC(F)F)cc2F)c1=O. The van der Waals surface area contributed by atoms with Crippen LogP contribution < -0.4 is 16.0 Å². The Balaban J connectivity index is 2.72. The Morgan fingerprint density at radius 3 is 2.28 bits per heavy atom. The summed E-state index contributed by atoms with van der Waals surface area (Å²) in [4.78, 5) is 23.8. The van der Waals surface area contributed by atoms with Crippen LogP contribution in [0, 0.1) is 5.82 Å². The van der Waals surface area contributed by atoms with Gasteiger partial charge in [0.2, 0.25) is 0 Å². The number of rotatable bonds is 3. The molecule has 12 heteroatoms. The second-order valence-corrected chi connectivity index (χ2v) is 4.69. The highest BCUT2D eigenvalue weighted by Crippen LogP contribution is 2.31. The molecule has 0 radical (unpaired) electrons. The second kappa shape index (κ2) is 6.18. The van der Waals surface area contributed by atoms with Gasteiger partial charge in [-0.3, -0.25) is 9.36 Å². The summed E-state index contributed by atoms with van der Waals surface area (Å²) in [5.74, 6) is -3.48. The van der Waals surface area contributed by atoms with E-state index in [1.54, 1.807) is 0 Å². The zero-order valence-corrected chi connectivity index (χ0v) is 12.1. The molecule has 136 valence electrons. The second-order valence-electron chi connectivity index (χ2n) is 4.69. The molecule has 1 N–H and O–H groups in total. The van der Waals surface area contributed by atoms with Crippen LogP contribution in [0.25, 0.3) is 5.69 Å². The Labute approximate surface area is 134 Å². The van der Waals surface area contributed by atoms with Gasteiger partial charge in [0, 0.05) is 25.2 Å². The molecule has 0 saturated heterocycles. The first-order valence-electron chi connectivity index (χ1n) is 6.31. The van der Waals surface area contributed by atoms with Crippen molar-refractivity contribution < 1.29 is 36.2 Å². The molecular weight excluding hydrogens is 362 g/mol. The third-order valence-electron chi connectivity index (χ3n) is 3.10. The van der Waals surface area contributed by atoms with Gasteiger partial charge in [-0.2, -0.15) is 22.0 Å². The minimum absolute atomic E-state index is 0.0104. The molecule has 1 heterocycles. The summed E-state index contributed by atoms with van der Waals surface area (Å²) in [6.07, 6.45) is -5.01. The summed E-state index contributed by atoms with van der Waals surface area (Å²) >= 11 is 0. The van der Waals surface area contributed by atoms with Crippen molar-refractivity contribution in [2.75, 3.05) is 0 Å². The van der Waals surface area contributed by atoms with Crippen LogP contribution in [-0.4, -0.2) is 20.9 Å². The van der Waals surface area contributed by atoms with Gasteiger partial charge < -0.3 is 9.84 Å². The fraction of sp³-hybridized carbons (Fsp3) is 0.231. The molecule has 1 aromatic carbocycles. The monoisotopic (exact) mass is 370 g/mol. The summed E-state index contributed by atoms with van der Waals surface area (Å²) in [7, 11) is 0.702. The molecule has 2 rings (SSSR count). The number of hydrogen-bond acceptors (Lipinski definition) is 4. The van der Waals surface area contributed by atoms with E-state index in [4.69, 9.17) is 0 Å². The van der Waals surface area contributed by atoms with Crippen molar-refractivity contribution in [3.05, 3.63) is 50.5 Å². The molecule has 0 saturated carbocycles. The lowest BCUT2D eigenvalue weighted by atomic mass is 10.2. The third-order valence-corrected chi connectivity index (χ3v) is 3.10. The number of benzene rings is 1. The van der Waals surface area contributed by atoms with Gasteiger partial charge in [-0.15, -0.1) is 0 Å². The Morgan fingerprint density at radius 1 is 1.16 bits per heavy atom. The van der Waals surface area contributed by atoms with Crippen molar-refractivity contribution in [2.24, 2.45) is 7.05 Å². The maximum Gasteiger partial charge on any atom is 0.431 e. The van der Waals surface area contributed by atoms with Crippen LogP contribution in [0.4, 0.5) is 26.3 Å². The van der Waals surface area contributed by atoms with Gasteiger partial charge in [0.25, 0.3) is 5.56 Å². The molecule has 0 aliphatic carbocycles.